The predicted octanol–water partition coefficient (Wildman–Crippen LogP) is 3.68. The van der Waals surface area contributed by atoms with Crippen LogP contribution in [0.25, 0.3) is 10.9 Å². The largest absolute Gasteiger partial charge is 0.497 e. The fraction of sp³-hybridized carbons (Fsp3) is 0.333. The van der Waals surface area contributed by atoms with E-state index < -0.39 is 0 Å². The monoisotopic (exact) mass is 439 g/mol. The first kappa shape index (κ1) is 22.8. The highest BCUT2D eigenvalue weighted by molar-refractivity contribution is 7.80. The van der Waals surface area contributed by atoms with E-state index in [4.69, 9.17) is 21.7 Å². The number of benzene rings is 2. The molecule has 2 N–H and O–H groups in total. The molecule has 0 amide bonds. The van der Waals surface area contributed by atoms with E-state index in [1.165, 1.54) is 0 Å². The molecule has 0 bridgehead atoms. The lowest BCUT2D eigenvalue weighted by Crippen LogP contribution is -2.41. The van der Waals surface area contributed by atoms with Crippen LogP contribution < -0.4 is 15.6 Å². The molecule has 0 radical (unpaired) electrons. The fourth-order valence-electron chi connectivity index (χ4n) is 3.46. The Hall–Kier alpha value is -2.90. The fourth-order valence-corrected chi connectivity index (χ4v) is 3.70. The minimum absolute atomic E-state index is 0.0966. The topological polar surface area (TPSA) is 66.6 Å². The van der Waals surface area contributed by atoms with Gasteiger partial charge in [-0.25, -0.2) is 0 Å². The average molecular weight is 440 g/mol. The van der Waals surface area contributed by atoms with Crippen molar-refractivity contribution < 1.29 is 9.47 Å². The molecule has 0 saturated heterocycles. The van der Waals surface area contributed by atoms with Gasteiger partial charge in [-0.2, -0.15) is 0 Å². The van der Waals surface area contributed by atoms with Crippen LogP contribution in [0.5, 0.6) is 5.75 Å². The van der Waals surface area contributed by atoms with Crippen LogP contribution in [-0.2, 0) is 17.8 Å². The minimum atomic E-state index is -0.0966. The van der Waals surface area contributed by atoms with Crippen LogP contribution >= 0.6 is 12.2 Å². The molecule has 31 heavy (non-hydrogen) atoms. The molecule has 7 heteroatoms. The number of H-pyrrole nitrogens is 1. The highest BCUT2D eigenvalue weighted by atomic mass is 32.1. The maximum Gasteiger partial charge on any atom is 0.253 e. The smallest absolute Gasteiger partial charge is 0.253 e. The summed E-state index contributed by atoms with van der Waals surface area (Å²) in [6, 6.07) is 13.9. The number of nitrogens with zero attached hydrogens (tertiary/aromatic N) is 1. The summed E-state index contributed by atoms with van der Waals surface area (Å²) in [6.07, 6.45) is 0. The molecule has 1 aromatic heterocycles. The summed E-state index contributed by atoms with van der Waals surface area (Å²) in [7, 11) is 3.30. The van der Waals surface area contributed by atoms with Gasteiger partial charge in [0.1, 0.15) is 5.75 Å². The Labute approximate surface area is 188 Å². The van der Waals surface area contributed by atoms with Crippen LogP contribution in [0, 0.1) is 13.8 Å². The second-order valence-corrected chi connectivity index (χ2v) is 7.93. The molecule has 0 spiro atoms. The van der Waals surface area contributed by atoms with Crippen LogP contribution in [0.15, 0.2) is 47.3 Å². The van der Waals surface area contributed by atoms with Gasteiger partial charge in [-0.3, -0.25) is 4.79 Å². The van der Waals surface area contributed by atoms with Gasteiger partial charge in [-0.1, -0.05) is 24.3 Å². The molecule has 0 aliphatic rings. The molecule has 1 heterocycles. The van der Waals surface area contributed by atoms with Gasteiger partial charge in [0.25, 0.3) is 5.56 Å². The van der Waals surface area contributed by atoms with E-state index in [1.807, 2.05) is 48.2 Å². The highest BCUT2D eigenvalue weighted by Crippen LogP contribution is 2.21. The van der Waals surface area contributed by atoms with Gasteiger partial charge in [0.2, 0.25) is 0 Å². The molecular formula is C24H29N3O3S. The standard InChI is InChI=1S/C24H29N3O3S/c1-16-5-6-17(2)22-21(16)13-19(23(28)26-22)15-27(24(31)25-11-12-29-3)14-18-7-9-20(30-4)10-8-18/h5-10,13H,11-12,14-15H2,1-4H3,(H,25,31)(H,26,28). The normalized spacial score (nSPS) is 10.8. The number of fused-ring (bicyclic) bond motifs is 1. The summed E-state index contributed by atoms with van der Waals surface area (Å²) in [6.45, 7) is 6.15. The van der Waals surface area contributed by atoms with Crippen molar-refractivity contribution >= 4 is 28.2 Å². The Kier molecular flexibility index (Phi) is 7.65. The first-order valence-corrected chi connectivity index (χ1v) is 10.6. The molecule has 3 aromatic rings. The SMILES string of the molecule is COCCNC(=S)N(Cc1ccc(OC)cc1)Cc1cc2c(C)ccc(C)c2[nH]c1=O. The third kappa shape index (κ3) is 5.62. The Morgan fingerprint density at radius 1 is 1.06 bits per heavy atom. The van der Waals surface area contributed by atoms with Crippen molar-refractivity contribution in [3.63, 3.8) is 0 Å². The molecule has 6 nitrogen and oxygen atoms in total. The molecule has 0 saturated carbocycles. The van der Waals surface area contributed by atoms with Gasteiger partial charge < -0.3 is 24.7 Å². The Morgan fingerprint density at radius 2 is 1.77 bits per heavy atom. The van der Waals surface area contributed by atoms with Gasteiger partial charge in [0.05, 0.1) is 25.8 Å². The zero-order valence-electron chi connectivity index (χ0n) is 18.5. The number of ether oxygens (including phenoxy) is 2. The van der Waals surface area contributed by atoms with Crippen molar-refractivity contribution in [2.24, 2.45) is 0 Å². The Morgan fingerprint density at radius 3 is 2.45 bits per heavy atom. The summed E-state index contributed by atoms with van der Waals surface area (Å²) >= 11 is 5.64. The minimum Gasteiger partial charge on any atom is -0.497 e. The van der Waals surface area contributed by atoms with E-state index in [0.717, 1.165) is 33.3 Å². The molecule has 0 aliphatic heterocycles. The lowest BCUT2D eigenvalue weighted by atomic mass is 10.0. The van der Waals surface area contributed by atoms with E-state index in [-0.39, 0.29) is 5.56 Å². The number of aryl methyl sites for hydroxylation is 2. The van der Waals surface area contributed by atoms with Gasteiger partial charge >= 0.3 is 0 Å². The number of rotatable bonds is 8. The number of pyridine rings is 1. The lowest BCUT2D eigenvalue weighted by molar-refractivity contribution is 0.202. The number of hydrogen-bond donors (Lipinski definition) is 2. The van der Waals surface area contributed by atoms with Crippen molar-refractivity contribution in [1.82, 2.24) is 15.2 Å². The van der Waals surface area contributed by atoms with E-state index in [1.54, 1.807) is 14.2 Å². The molecule has 0 unspecified atom stereocenters. The first-order chi connectivity index (χ1) is 14.9. The summed E-state index contributed by atoms with van der Waals surface area (Å²) in [5, 5.41) is 4.85. The number of hydrogen-bond acceptors (Lipinski definition) is 4. The zero-order valence-corrected chi connectivity index (χ0v) is 19.3. The van der Waals surface area contributed by atoms with Gasteiger partial charge in [-0.05, 0) is 61.0 Å². The van der Waals surface area contributed by atoms with Crippen molar-refractivity contribution in [1.29, 1.82) is 0 Å². The van der Waals surface area contributed by atoms with Crippen LogP contribution in [0.2, 0.25) is 0 Å². The third-order valence-electron chi connectivity index (χ3n) is 5.28. The molecule has 2 aromatic carbocycles. The van der Waals surface area contributed by atoms with Crippen molar-refractivity contribution in [2.45, 2.75) is 26.9 Å². The number of thiocarbonyl (C=S) groups is 1. The summed E-state index contributed by atoms with van der Waals surface area (Å²) in [5.74, 6) is 0.799. The second-order valence-electron chi connectivity index (χ2n) is 7.54. The third-order valence-corrected chi connectivity index (χ3v) is 5.69. The molecule has 0 fully saturated rings. The number of aromatic amines is 1. The zero-order chi connectivity index (χ0) is 22.4. The summed E-state index contributed by atoms with van der Waals surface area (Å²) < 4.78 is 10.4. The molecule has 3 rings (SSSR count). The Bertz CT molecular complexity index is 1110. The first-order valence-electron chi connectivity index (χ1n) is 10.2. The van der Waals surface area contributed by atoms with Crippen LogP contribution in [0.4, 0.5) is 0 Å². The van der Waals surface area contributed by atoms with Gasteiger partial charge in [-0.15, -0.1) is 0 Å². The maximum absolute atomic E-state index is 12.9. The second kappa shape index (κ2) is 10.4. The van der Waals surface area contributed by atoms with E-state index >= 15 is 0 Å². The van der Waals surface area contributed by atoms with E-state index in [0.29, 0.717) is 36.9 Å². The number of nitrogens with one attached hydrogen (secondary N) is 2. The van der Waals surface area contributed by atoms with Crippen LogP contribution in [-0.4, -0.2) is 42.4 Å². The lowest BCUT2D eigenvalue weighted by Gasteiger charge is -2.26. The van der Waals surface area contributed by atoms with Crippen LogP contribution in [0.1, 0.15) is 22.3 Å². The van der Waals surface area contributed by atoms with E-state index in [2.05, 4.69) is 23.3 Å². The molecule has 164 valence electrons. The van der Waals surface area contributed by atoms with Crippen molar-refractivity contribution in [3.05, 3.63) is 75.1 Å². The van der Waals surface area contributed by atoms with Crippen molar-refractivity contribution in [3.8, 4) is 5.75 Å². The summed E-state index contributed by atoms with van der Waals surface area (Å²) in [5.41, 5.74) is 4.71. The summed E-state index contributed by atoms with van der Waals surface area (Å²) in [4.78, 5) is 17.9. The predicted molar refractivity (Wildman–Crippen MR) is 129 cm³/mol. The van der Waals surface area contributed by atoms with E-state index in [9.17, 15) is 4.79 Å². The maximum atomic E-state index is 12.9. The highest BCUT2D eigenvalue weighted by Gasteiger charge is 2.15. The molecule has 0 atom stereocenters. The van der Waals surface area contributed by atoms with Gasteiger partial charge in [0, 0.05) is 31.1 Å². The molecular weight excluding hydrogens is 410 g/mol. The van der Waals surface area contributed by atoms with Gasteiger partial charge in [0.15, 0.2) is 5.11 Å². The van der Waals surface area contributed by atoms with Crippen molar-refractivity contribution in [2.75, 3.05) is 27.4 Å². The Balaban J connectivity index is 1.91. The number of aromatic nitrogens is 1. The average Bonchev–Trinajstić information content (AvgIpc) is 2.77. The number of methoxy groups -OCH3 is 2. The van der Waals surface area contributed by atoms with Crippen LogP contribution in [0.3, 0.4) is 0 Å². The quantitative estimate of drug-likeness (QED) is 0.412. The molecule has 0 aliphatic carbocycles.